The summed E-state index contributed by atoms with van der Waals surface area (Å²) >= 11 is 0. The lowest BCUT2D eigenvalue weighted by Gasteiger charge is -2.06. The SMILES string of the molecule is NC(=O)N=Nc1ccc(NOC(=O)c2ccccc2)cc1. The van der Waals surface area contributed by atoms with Gasteiger partial charge in [0, 0.05) is 0 Å². The number of carbonyl (C=O) groups excluding carboxylic acids is 2. The fourth-order valence-electron chi connectivity index (χ4n) is 1.44. The smallest absolute Gasteiger partial charge is 0.348 e. The molecule has 0 saturated carbocycles. The Balaban J connectivity index is 1.92. The predicted molar refractivity (Wildman–Crippen MR) is 76.0 cm³/mol. The summed E-state index contributed by atoms with van der Waals surface area (Å²) in [5.74, 6) is -0.493. The minimum absolute atomic E-state index is 0.442. The molecule has 0 saturated heterocycles. The van der Waals surface area contributed by atoms with Crippen molar-refractivity contribution in [1.29, 1.82) is 0 Å². The molecule has 2 aromatic rings. The van der Waals surface area contributed by atoms with Crippen molar-refractivity contribution in [2.45, 2.75) is 0 Å². The second-order valence-corrected chi connectivity index (χ2v) is 3.94. The van der Waals surface area contributed by atoms with E-state index >= 15 is 0 Å². The standard InChI is InChI=1S/C14H12N4O3/c15-14(20)17-16-11-6-8-12(9-7-11)18-21-13(19)10-4-2-1-3-5-10/h1-9,18H,(H2,15,20). The number of hydrogen-bond acceptors (Lipinski definition) is 5. The van der Waals surface area contributed by atoms with Crippen LogP contribution in [0.4, 0.5) is 16.2 Å². The number of urea groups is 1. The van der Waals surface area contributed by atoms with E-state index < -0.39 is 12.0 Å². The second-order valence-electron chi connectivity index (χ2n) is 3.94. The summed E-state index contributed by atoms with van der Waals surface area (Å²) in [4.78, 5) is 27.1. The van der Waals surface area contributed by atoms with Crippen molar-refractivity contribution in [1.82, 2.24) is 0 Å². The summed E-state index contributed by atoms with van der Waals surface area (Å²) in [5.41, 5.74) is 8.81. The van der Waals surface area contributed by atoms with Gasteiger partial charge >= 0.3 is 12.0 Å². The summed E-state index contributed by atoms with van der Waals surface area (Å²) in [5, 5.41) is 6.80. The topological polar surface area (TPSA) is 106 Å². The number of anilines is 1. The summed E-state index contributed by atoms with van der Waals surface area (Å²) in [7, 11) is 0. The van der Waals surface area contributed by atoms with Gasteiger partial charge in [0.2, 0.25) is 0 Å². The summed E-state index contributed by atoms with van der Waals surface area (Å²) in [6.07, 6.45) is 0. The molecular weight excluding hydrogens is 272 g/mol. The second kappa shape index (κ2) is 6.80. The van der Waals surface area contributed by atoms with Gasteiger partial charge in [-0.25, -0.2) is 15.1 Å². The van der Waals surface area contributed by atoms with Crippen molar-refractivity contribution in [2.24, 2.45) is 16.0 Å². The number of azo groups is 1. The van der Waals surface area contributed by atoms with Crippen LogP contribution in [0.3, 0.4) is 0 Å². The Labute approximate surface area is 120 Å². The highest BCUT2D eigenvalue weighted by molar-refractivity contribution is 5.89. The third kappa shape index (κ3) is 4.43. The number of rotatable bonds is 4. The van der Waals surface area contributed by atoms with E-state index in [4.69, 9.17) is 10.6 Å². The van der Waals surface area contributed by atoms with Gasteiger partial charge in [-0.1, -0.05) is 23.3 Å². The van der Waals surface area contributed by atoms with E-state index in [9.17, 15) is 9.59 Å². The van der Waals surface area contributed by atoms with Gasteiger partial charge in [0.05, 0.1) is 16.9 Å². The molecule has 21 heavy (non-hydrogen) atoms. The molecule has 0 heterocycles. The van der Waals surface area contributed by atoms with Crippen LogP contribution in [0.5, 0.6) is 0 Å². The first-order valence-electron chi connectivity index (χ1n) is 5.98. The molecule has 0 atom stereocenters. The van der Waals surface area contributed by atoms with Crippen LogP contribution in [0.1, 0.15) is 10.4 Å². The Kier molecular flexibility index (Phi) is 4.60. The van der Waals surface area contributed by atoms with E-state index in [0.717, 1.165) is 0 Å². The first kappa shape index (κ1) is 14.2. The summed E-state index contributed by atoms with van der Waals surface area (Å²) < 4.78 is 0. The molecule has 0 fully saturated rings. The van der Waals surface area contributed by atoms with Gasteiger partial charge in [-0.3, -0.25) is 0 Å². The Morgan fingerprint density at radius 1 is 1.00 bits per heavy atom. The van der Waals surface area contributed by atoms with E-state index in [2.05, 4.69) is 15.7 Å². The molecule has 3 N–H and O–H groups in total. The normalized spacial score (nSPS) is 10.3. The zero-order valence-electron chi connectivity index (χ0n) is 10.9. The van der Waals surface area contributed by atoms with E-state index in [1.54, 1.807) is 48.5 Å². The van der Waals surface area contributed by atoms with Gasteiger partial charge in [-0.2, -0.15) is 0 Å². The molecular formula is C14H12N4O3. The summed E-state index contributed by atoms with van der Waals surface area (Å²) in [6.45, 7) is 0. The summed E-state index contributed by atoms with van der Waals surface area (Å²) in [6, 6.07) is 14.1. The average molecular weight is 284 g/mol. The third-order valence-corrected chi connectivity index (χ3v) is 2.40. The minimum Gasteiger partial charge on any atom is -0.348 e. The van der Waals surface area contributed by atoms with Crippen LogP contribution >= 0.6 is 0 Å². The molecule has 106 valence electrons. The molecule has 0 unspecified atom stereocenters. The fourth-order valence-corrected chi connectivity index (χ4v) is 1.44. The Hall–Kier alpha value is -3.22. The average Bonchev–Trinajstić information content (AvgIpc) is 2.52. The molecule has 7 nitrogen and oxygen atoms in total. The Morgan fingerprint density at radius 2 is 1.67 bits per heavy atom. The maximum atomic E-state index is 11.7. The predicted octanol–water partition coefficient (Wildman–Crippen LogP) is 3.03. The number of primary amides is 1. The maximum Gasteiger partial charge on any atom is 0.362 e. The lowest BCUT2D eigenvalue weighted by atomic mass is 10.2. The fraction of sp³-hybridized carbons (Fsp3) is 0. The zero-order chi connectivity index (χ0) is 15.1. The highest BCUT2D eigenvalue weighted by Gasteiger charge is 2.06. The molecule has 7 heteroatoms. The number of hydrogen-bond donors (Lipinski definition) is 2. The van der Waals surface area contributed by atoms with Crippen molar-refractivity contribution in [3.05, 3.63) is 60.2 Å². The largest absolute Gasteiger partial charge is 0.362 e. The number of nitrogens with zero attached hydrogens (tertiary/aromatic N) is 2. The molecule has 0 aromatic heterocycles. The van der Waals surface area contributed by atoms with Crippen molar-refractivity contribution in [3.63, 3.8) is 0 Å². The van der Waals surface area contributed by atoms with Crippen LogP contribution in [0.2, 0.25) is 0 Å². The maximum absolute atomic E-state index is 11.7. The number of nitrogens with one attached hydrogen (secondary N) is 1. The van der Waals surface area contributed by atoms with Crippen molar-refractivity contribution < 1.29 is 14.4 Å². The van der Waals surface area contributed by atoms with Crippen LogP contribution in [0.25, 0.3) is 0 Å². The first-order chi connectivity index (χ1) is 10.1. The highest BCUT2D eigenvalue weighted by atomic mass is 16.7. The van der Waals surface area contributed by atoms with Gasteiger partial charge in [0.15, 0.2) is 0 Å². The monoisotopic (exact) mass is 284 g/mol. The van der Waals surface area contributed by atoms with Gasteiger partial charge in [-0.05, 0) is 36.4 Å². The molecule has 2 aromatic carbocycles. The lowest BCUT2D eigenvalue weighted by Crippen LogP contribution is -2.10. The van der Waals surface area contributed by atoms with Crippen LogP contribution in [-0.4, -0.2) is 12.0 Å². The Bertz CT molecular complexity index is 654. The molecule has 2 amide bonds. The minimum atomic E-state index is -0.867. The molecule has 0 aliphatic carbocycles. The van der Waals surface area contributed by atoms with Gasteiger partial charge in [0.1, 0.15) is 0 Å². The molecule has 0 radical (unpaired) electrons. The van der Waals surface area contributed by atoms with Crippen molar-refractivity contribution >= 4 is 23.4 Å². The van der Waals surface area contributed by atoms with E-state index in [1.165, 1.54) is 0 Å². The highest BCUT2D eigenvalue weighted by Crippen LogP contribution is 2.17. The van der Waals surface area contributed by atoms with Crippen molar-refractivity contribution in [2.75, 3.05) is 5.48 Å². The van der Waals surface area contributed by atoms with E-state index in [1.807, 2.05) is 6.07 Å². The molecule has 0 aliphatic rings. The van der Waals surface area contributed by atoms with E-state index in [-0.39, 0.29) is 0 Å². The molecule has 0 spiro atoms. The van der Waals surface area contributed by atoms with Crippen LogP contribution < -0.4 is 11.2 Å². The molecule has 0 bridgehead atoms. The first-order valence-corrected chi connectivity index (χ1v) is 5.98. The lowest BCUT2D eigenvalue weighted by molar-refractivity contribution is 0.0596. The van der Waals surface area contributed by atoms with Gasteiger partial charge < -0.3 is 10.6 Å². The Morgan fingerprint density at radius 3 is 2.29 bits per heavy atom. The van der Waals surface area contributed by atoms with Crippen molar-refractivity contribution in [3.8, 4) is 0 Å². The van der Waals surface area contributed by atoms with E-state index in [0.29, 0.717) is 16.9 Å². The van der Waals surface area contributed by atoms with Crippen LogP contribution in [0, 0.1) is 0 Å². The third-order valence-electron chi connectivity index (χ3n) is 2.40. The quantitative estimate of drug-likeness (QED) is 0.664. The van der Waals surface area contributed by atoms with Gasteiger partial charge in [0.25, 0.3) is 0 Å². The number of benzene rings is 2. The van der Waals surface area contributed by atoms with Gasteiger partial charge in [-0.15, -0.1) is 5.11 Å². The zero-order valence-corrected chi connectivity index (χ0v) is 10.9. The molecule has 2 rings (SSSR count). The van der Waals surface area contributed by atoms with Crippen LogP contribution in [-0.2, 0) is 4.84 Å². The van der Waals surface area contributed by atoms with Crippen LogP contribution in [0.15, 0.2) is 64.8 Å². The number of amides is 2. The number of carbonyl (C=O) groups is 2. The molecule has 0 aliphatic heterocycles. The number of nitrogens with two attached hydrogens (primary N) is 1.